The first kappa shape index (κ1) is 19.9. The average molecular weight is 429 g/mol. The number of thiazole rings is 1. The SMILES string of the molecule is O=C(NCc1cc(F)ccc1F)C(=O)N1CCc2ccc(Nc3nccs3)nc2C1. The molecule has 0 radical (unpaired) electrons. The maximum absolute atomic E-state index is 13.7. The van der Waals surface area contributed by atoms with E-state index in [0.717, 1.165) is 23.8 Å². The maximum atomic E-state index is 13.7. The van der Waals surface area contributed by atoms with Gasteiger partial charge in [0.1, 0.15) is 17.5 Å². The van der Waals surface area contributed by atoms with Crippen LogP contribution >= 0.6 is 11.3 Å². The molecule has 0 spiro atoms. The van der Waals surface area contributed by atoms with Gasteiger partial charge in [0.15, 0.2) is 5.13 Å². The molecule has 2 aromatic heterocycles. The van der Waals surface area contributed by atoms with Crippen molar-refractivity contribution in [3.05, 3.63) is 70.4 Å². The van der Waals surface area contributed by atoms with Gasteiger partial charge in [0.25, 0.3) is 0 Å². The molecule has 3 heterocycles. The van der Waals surface area contributed by atoms with Crippen molar-refractivity contribution < 1.29 is 18.4 Å². The van der Waals surface area contributed by atoms with Crippen LogP contribution in [0.4, 0.5) is 19.7 Å². The number of anilines is 2. The second-order valence-electron chi connectivity index (χ2n) is 6.66. The quantitative estimate of drug-likeness (QED) is 0.623. The Morgan fingerprint density at radius 3 is 2.87 bits per heavy atom. The van der Waals surface area contributed by atoms with Crippen LogP contribution in [-0.2, 0) is 29.1 Å². The Balaban J connectivity index is 1.39. The van der Waals surface area contributed by atoms with E-state index in [1.165, 1.54) is 16.2 Å². The lowest BCUT2D eigenvalue weighted by Crippen LogP contribution is -2.45. The molecule has 3 aromatic rings. The summed E-state index contributed by atoms with van der Waals surface area (Å²) in [6.45, 7) is 0.274. The molecule has 0 bridgehead atoms. The highest BCUT2D eigenvalue weighted by Crippen LogP contribution is 2.22. The first-order valence-electron chi connectivity index (χ1n) is 9.16. The van der Waals surface area contributed by atoms with Gasteiger partial charge in [0.2, 0.25) is 0 Å². The molecule has 2 amide bonds. The highest BCUT2D eigenvalue weighted by atomic mass is 32.1. The monoisotopic (exact) mass is 429 g/mol. The van der Waals surface area contributed by atoms with Crippen molar-refractivity contribution in [3.8, 4) is 0 Å². The maximum Gasteiger partial charge on any atom is 0.312 e. The van der Waals surface area contributed by atoms with Gasteiger partial charge in [-0.05, 0) is 36.2 Å². The number of nitrogens with zero attached hydrogens (tertiary/aromatic N) is 3. The molecule has 4 rings (SSSR count). The summed E-state index contributed by atoms with van der Waals surface area (Å²) in [5.74, 6) is -2.28. The normalized spacial score (nSPS) is 12.9. The number of hydrogen-bond donors (Lipinski definition) is 2. The summed E-state index contributed by atoms with van der Waals surface area (Å²) in [7, 11) is 0. The minimum absolute atomic E-state index is 0.0280. The van der Waals surface area contributed by atoms with E-state index in [4.69, 9.17) is 0 Å². The van der Waals surface area contributed by atoms with Gasteiger partial charge in [-0.15, -0.1) is 11.3 Å². The van der Waals surface area contributed by atoms with Crippen LogP contribution in [0.15, 0.2) is 41.9 Å². The van der Waals surface area contributed by atoms with Crippen LogP contribution < -0.4 is 10.6 Å². The number of amides is 2. The van der Waals surface area contributed by atoms with Crippen molar-refractivity contribution in [1.82, 2.24) is 20.2 Å². The summed E-state index contributed by atoms with van der Waals surface area (Å²) < 4.78 is 26.9. The van der Waals surface area contributed by atoms with Gasteiger partial charge in [-0.25, -0.2) is 18.7 Å². The summed E-state index contributed by atoms with van der Waals surface area (Å²) in [5.41, 5.74) is 1.67. The number of aromatic nitrogens is 2. The topological polar surface area (TPSA) is 87.2 Å². The minimum atomic E-state index is -0.876. The highest BCUT2D eigenvalue weighted by molar-refractivity contribution is 7.13. The lowest BCUT2D eigenvalue weighted by Gasteiger charge is -2.27. The Labute approximate surface area is 174 Å². The van der Waals surface area contributed by atoms with Gasteiger partial charge in [-0.3, -0.25) is 9.59 Å². The van der Waals surface area contributed by atoms with E-state index in [0.29, 0.717) is 29.6 Å². The lowest BCUT2D eigenvalue weighted by atomic mass is 10.0. The molecule has 0 fully saturated rings. The zero-order valence-electron chi connectivity index (χ0n) is 15.7. The smallest absolute Gasteiger partial charge is 0.312 e. The fourth-order valence-corrected chi connectivity index (χ4v) is 3.66. The zero-order valence-corrected chi connectivity index (χ0v) is 16.5. The zero-order chi connectivity index (χ0) is 21.1. The van der Waals surface area contributed by atoms with Crippen molar-refractivity contribution in [3.63, 3.8) is 0 Å². The minimum Gasteiger partial charge on any atom is -0.344 e. The Bertz CT molecular complexity index is 1090. The number of pyridine rings is 1. The van der Waals surface area contributed by atoms with Crippen LogP contribution in [0.5, 0.6) is 0 Å². The third-order valence-corrected chi connectivity index (χ3v) is 5.34. The molecule has 0 saturated carbocycles. The molecule has 1 aromatic carbocycles. The highest BCUT2D eigenvalue weighted by Gasteiger charge is 2.26. The van der Waals surface area contributed by atoms with Crippen LogP contribution in [0, 0.1) is 11.6 Å². The van der Waals surface area contributed by atoms with Gasteiger partial charge in [-0.1, -0.05) is 6.07 Å². The number of carbonyl (C=O) groups is 2. The Morgan fingerprint density at radius 1 is 1.20 bits per heavy atom. The number of hydrogen-bond acceptors (Lipinski definition) is 6. The van der Waals surface area contributed by atoms with Crippen LogP contribution in [-0.4, -0.2) is 33.2 Å². The Kier molecular flexibility index (Phi) is 5.66. The molecule has 1 aliphatic heterocycles. The summed E-state index contributed by atoms with van der Waals surface area (Å²) in [6.07, 6.45) is 2.25. The van der Waals surface area contributed by atoms with Crippen LogP contribution in [0.3, 0.4) is 0 Å². The molecule has 10 heteroatoms. The van der Waals surface area contributed by atoms with Crippen molar-refractivity contribution in [2.24, 2.45) is 0 Å². The molecular formula is C20H17F2N5O2S. The fraction of sp³-hybridized carbons (Fsp3) is 0.200. The van der Waals surface area contributed by atoms with E-state index in [2.05, 4.69) is 20.6 Å². The third kappa shape index (κ3) is 4.43. The standard InChI is InChI=1S/C20H17F2N5O2S/c21-14-2-3-15(22)13(9-14)10-24-18(28)19(29)27-7-5-12-1-4-17(25-16(12)11-27)26-20-23-6-8-30-20/h1-4,6,8-9H,5,7,10-11H2,(H,24,28)(H,23,25,26). The van der Waals surface area contributed by atoms with Crippen molar-refractivity contribution in [2.45, 2.75) is 19.5 Å². The van der Waals surface area contributed by atoms with Gasteiger partial charge in [0.05, 0.1) is 12.2 Å². The molecule has 0 saturated heterocycles. The molecule has 7 nitrogen and oxygen atoms in total. The predicted molar refractivity (Wildman–Crippen MR) is 107 cm³/mol. The predicted octanol–water partition coefficient (Wildman–Crippen LogP) is 2.76. The van der Waals surface area contributed by atoms with Crippen molar-refractivity contribution >= 4 is 34.1 Å². The Hall–Kier alpha value is -3.40. The summed E-state index contributed by atoms with van der Waals surface area (Å²) in [4.78, 5) is 34.8. The average Bonchev–Trinajstić information content (AvgIpc) is 3.26. The lowest BCUT2D eigenvalue weighted by molar-refractivity contribution is -0.146. The molecule has 0 unspecified atom stereocenters. The molecular weight excluding hydrogens is 412 g/mol. The van der Waals surface area contributed by atoms with E-state index < -0.39 is 23.4 Å². The second-order valence-corrected chi connectivity index (χ2v) is 7.55. The number of halogens is 2. The van der Waals surface area contributed by atoms with Gasteiger partial charge < -0.3 is 15.5 Å². The Morgan fingerprint density at radius 2 is 2.07 bits per heavy atom. The number of carbonyl (C=O) groups excluding carboxylic acids is 2. The van der Waals surface area contributed by atoms with E-state index in [9.17, 15) is 18.4 Å². The molecule has 154 valence electrons. The fourth-order valence-electron chi connectivity index (χ4n) is 3.12. The van der Waals surface area contributed by atoms with Gasteiger partial charge in [0, 0.05) is 30.2 Å². The van der Waals surface area contributed by atoms with Crippen LogP contribution in [0.25, 0.3) is 0 Å². The summed E-state index contributed by atoms with van der Waals surface area (Å²) >= 11 is 1.44. The van der Waals surface area contributed by atoms with Gasteiger partial charge >= 0.3 is 11.8 Å². The molecule has 0 aliphatic carbocycles. The van der Waals surface area contributed by atoms with Crippen LogP contribution in [0.1, 0.15) is 16.8 Å². The summed E-state index contributed by atoms with van der Waals surface area (Å²) in [5, 5.41) is 8.00. The van der Waals surface area contributed by atoms with Crippen molar-refractivity contribution in [2.75, 3.05) is 11.9 Å². The molecule has 1 aliphatic rings. The largest absolute Gasteiger partial charge is 0.344 e. The van der Waals surface area contributed by atoms with E-state index in [-0.39, 0.29) is 18.7 Å². The first-order valence-corrected chi connectivity index (χ1v) is 10.0. The van der Waals surface area contributed by atoms with E-state index >= 15 is 0 Å². The number of rotatable bonds is 4. The first-order chi connectivity index (χ1) is 14.5. The van der Waals surface area contributed by atoms with Gasteiger partial charge in [-0.2, -0.15) is 0 Å². The van der Waals surface area contributed by atoms with Crippen LogP contribution in [0.2, 0.25) is 0 Å². The number of fused-ring (bicyclic) bond motifs is 1. The number of benzene rings is 1. The van der Waals surface area contributed by atoms with Crippen molar-refractivity contribution in [1.29, 1.82) is 0 Å². The van der Waals surface area contributed by atoms with E-state index in [1.54, 1.807) is 6.20 Å². The third-order valence-electron chi connectivity index (χ3n) is 4.66. The molecule has 0 atom stereocenters. The second kappa shape index (κ2) is 8.54. The summed E-state index contributed by atoms with van der Waals surface area (Å²) in [6, 6.07) is 6.73. The molecule has 2 N–H and O–H groups in total. The molecule has 30 heavy (non-hydrogen) atoms. The number of nitrogens with one attached hydrogen (secondary N) is 2. The van der Waals surface area contributed by atoms with E-state index in [1.807, 2.05) is 17.5 Å².